The van der Waals surface area contributed by atoms with Crippen molar-refractivity contribution in [3.05, 3.63) is 70.8 Å². The molecule has 0 saturated carbocycles. The molecule has 2 aromatic carbocycles. The Morgan fingerprint density at radius 1 is 0.824 bits per heavy atom. The molecule has 0 bridgehead atoms. The summed E-state index contributed by atoms with van der Waals surface area (Å²) in [5.41, 5.74) is 3.73. The fraction of sp³-hybridized carbons (Fsp3) is 0.538. The minimum Gasteiger partial charge on any atom is -0.458 e. The fourth-order valence-electron chi connectivity index (χ4n) is 6.05. The van der Waals surface area contributed by atoms with Gasteiger partial charge in [0, 0.05) is 55.6 Å². The van der Waals surface area contributed by atoms with E-state index in [0.717, 1.165) is 67.2 Å². The lowest BCUT2D eigenvalue weighted by molar-refractivity contribution is -0.156. The van der Waals surface area contributed by atoms with E-state index in [4.69, 9.17) is 26.8 Å². The van der Waals surface area contributed by atoms with Crippen LogP contribution in [-0.4, -0.2) is 87.3 Å². The van der Waals surface area contributed by atoms with Gasteiger partial charge in [-0.1, -0.05) is 67.5 Å². The van der Waals surface area contributed by atoms with E-state index in [9.17, 15) is 24.3 Å². The van der Waals surface area contributed by atoms with Crippen LogP contribution in [0.4, 0.5) is 4.79 Å². The number of carbonyl (C=O) groups is 4. The molecule has 272 valence electrons. The first kappa shape index (κ1) is 39.6. The highest BCUT2D eigenvalue weighted by Gasteiger charge is 2.45. The van der Waals surface area contributed by atoms with E-state index in [1.54, 1.807) is 0 Å². The van der Waals surface area contributed by atoms with Crippen LogP contribution in [0.3, 0.4) is 0 Å². The van der Waals surface area contributed by atoms with Crippen molar-refractivity contribution in [2.24, 2.45) is 0 Å². The quantitative estimate of drug-likeness (QED) is 0.0800. The maximum Gasteiger partial charge on any atom is 0.407 e. The molecule has 1 fully saturated rings. The predicted octanol–water partition coefficient (Wildman–Crippen LogP) is 4.20. The number of rotatable bonds is 20. The van der Waals surface area contributed by atoms with Crippen molar-refractivity contribution in [1.82, 2.24) is 10.6 Å². The molecule has 1 aliphatic heterocycles. The van der Waals surface area contributed by atoms with Gasteiger partial charge in [0.25, 0.3) is 0 Å². The van der Waals surface area contributed by atoms with Crippen molar-refractivity contribution in [3.63, 3.8) is 0 Å². The summed E-state index contributed by atoms with van der Waals surface area (Å²) in [6.07, 6.45) is 3.41. The maximum absolute atomic E-state index is 12.7. The molecule has 2 aromatic rings. The summed E-state index contributed by atoms with van der Waals surface area (Å²) in [5.74, 6) is 5.79. The zero-order valence-electron chi connectivity index (χ0n) is 29.4. The number of carbonyl (C=O) groups excluding carboxylic acids is 4. The summed E-state index contributed by atoms with van der Waals surface area (Å²) in [7, 11) is 5.96. The average Bonchev–Trinajstić information content (AvgIpc) is 3.41. The summed E-state index contributed by atoms with van der Waals surface area (Å²) < 4.78 is 22.7. The van der Waals surface area contributed by atoms with Gasteiger partial charge < -0.3 is 39.5 Å². The second-order valence-electron chi connectivity index (χ2n) is 12.9. The Balaban J connectivity index is 1.02. The van der Waals surface area contributed by atoms with Gasteiger partial charge >= 0.3 is 12.1 Å². The number of fused-ring (bicyclic) bond motifs is 2. The van der Waals surface area contributed by atoms with E-state index in [0.29, 0.717) is 32.5 Å². The van der Waals surface area contributed by atoms with Gasteiger partial charge in [0.1, 0.15) is 38.0 Å². The number of amides is 2. The highest BCUT2D eigenvalue weighted by Crippen LogP contribution is 2.29. The fourth-order valence-corrected chi connectivity index (χ4v) is 6.05. The number of hydrogen-bond donors (Lipinski definition) is 3. The van der Waals surface area contributed by atoms with Gasteiger partial charge in [-0.25, -0.2) is 4.79 Å². The van der Waals surface area contributed by atoms with Crippen molar-refractivity contribution in [3.8, 4) is 11.8 Å². The van der Waals surface area contributed by atoms with Gasteiger partial charge in [-0.2, -0.15) is 0 Å². The van der Waals surface area contributed by atoms with Crippen LogP contribution in [0.25, 0.3) is 0 Å². The first-order valence-electron chi connectivity index (χ1n) is 18.0. The molecule has 2 aliphatic rings. The molecule has 2 unspecified atom stereocenters. The lowest BCUT2D eigenvalue weighted by Gasteiger charge is -2.23. The van der Waals surface area contributed by atoms with Crippen LogP contribution in [0.2, 0.25) is 0 Å². The van der Waals surface area contributed by atoms with Gasteiger partial charge in [-0.15, -0.1) is 0 Å². The standard InChI is InChI=1S/C39H49BN2O9/c1-27(44)18-21-35(46)51-37-36(33(26-43)49-38(37)40)48-24-12-3-2-10-22-41-34(45)17-5-4-11-23-42-39(47)50-32-25-30-15-7-6-13-28(30)19-20-29-14-8-9-16-31(29)32/h6-9,13-16,32-33,36-38,43H,2-5,10-12,17-18,21-26H2,1H3,(H,41,45)(H,42,47)/t32?,33-,36?,37+,38-/m1/s1. The lowest BCUT2D eigenvalue weighted by Crippen LogP contribution is -2.40. The van der Waals surface area contributed by atoms with E-state index in [1.807, 2.05) is 48.5 Å². The maximum atomic E-state index is 12.7. The molecule has 2 radical (unpaired) electrons. The minimum absolute atomic E-state index is 0.00791. The third-order valence-corrected chi connectivity index (χ3v) is 8.84. The number of esters is 1. The molecular weight excluding hydrogens is 651 g/mol. The largest absolute Gasteiger partial charge is 0.458 e. The number of nitrogens with one attached hydrogen (secondary N) is 2. The molecule has 1 aliphatic carbocycles. The van der Waals surface area contributed by atoms with Gasteiger partial charge in [-0.3, -0.25) is 9.59 Å². The second-order valence-corrected chi connectivity index (χ2v) is 12.9. The Morgan fingerprint density at radius 2 is 1.51 bits per heavy atom. The van der Waals surface area contributed by atoms with Crippen molar-refractivity contribution in [2.45, 2.75) is 108 Å². The number of ether oxygens (including phenoxy) is 4. The van der Waals surface area contributed by atoms with Crippen LogP contribution in [0.15, 0.2) is 48.5 Å². The van der Waals surface area contributed by atoms with Crippen molar-refractivity contribution in [2.75, 3.05) is 26.3 Å². The van der Waals surface area contributed by atoms with E-state index < -0.39 is 42.5 Å². The molecular formula is C39H49BN2O9. The SMILES string of the molecule is [B][C@@H]1O[C@H](CO)C(OCCCCCCNC(=O)CCCCCNC(=O)OC2Cc3ccccc3C#Cc3ccccc32)[C@@H]1OC(=O)CCC(C)=O. The summed E-state index contributed by atoms with van der Waals surface area (Å²) >= 11 is 0. The second kappa shape index (κ2) is 21.3. The van der Waals surface area contributed by atoms with Crippen LogP contribution >= 0.6 is 0 Å². The molecule has 11 nitrogen and oxygen atoms in total. The molecule has 1 saturated heterocycles. The third kappa shape index (κ3) is 13.1. The predicted molar refractivity (Wildman–Crippen MR) is 191 cm³/mol. The molecule has 3 N–H and O–H groups in total. The van der Waals surface area contributed by atoms with E-state index in [-0.39, 0.29) is 31.1 Å². The molecule has 51 heavy (non-hydrogen) atoms. The van der Waals surface area contributed by atoms with Crippen LogP contribution < -0.4 is 10.6 Å². The lowest BCUT2D eigenvalue weighted by atomic mass is 9.92. The topological polar surface area (TPSA) is 149 Å². The monoisotopic (exact) mass is 700 g/mol. The smallest absolute Gasteiger partial charge is 0.407 e. The Kier molecular flexibility index (Phi) is 16.5. The van der Waals surface area contributed by atoms with E-state index in [2.05, 4.69) is 22.5 Å². The molecule has 5 atom stereocenters. The summed E-state index contributed by atoms with van der Waals surface area (Å²) in [6.45, 7) is 2.50. The molecule has 0 aromatic heterocycles. The van der Waals surface area contributed by atoms with Crippen molar-refractivity contribution < 1.29 is 43.2 Å². The molecule has 12 heteroatoms. The number of benzene rings is 2. The minimum atomic E-state index is -0.923. The normalized spacial score (nSPS) is 20.4. The van der Waals surface area contributed by atoms with E-state index >= 15 is 0 Å². The summed E-state index contributed by atoms with van der Waals surface area (Å²) in [6, 6.07) is 14.7. The molecule has 1 heterocycles. The number of unbranched alkanes of at least 4 members (excludes halogenated alkanes) is 5. The third-order valence-electron chi connectivity index (χ3n) is 8.84. The van der Waals surface area contributed by atoms with Crippen LogP contribution in [0.5, 0.6) is 0 Å². The van der Waals surface area contributed by atoms with Gasteiger partial charge in [0.2, 0.25) is 5.91 Å². The number of hydrogen-bond acceptors (Lipinski definition) is 9. The molecule has 0 spiro atoms. The first-order valence-corrected chi connectivity index (χ1v) is 18.0. The average molecular weight is 701 g/mol. The van der Waals surface area contributed by atoms with E-state index in [1.165, 1.54) is 6.92 Å². The summed E-state index contributed by atoms with van der Waals surface area (Å²) in [4.78, 5) is 48.2. The number of Topliss-reactive ketones (excluding diaryl/α,β-unsaturated/α-hetero) is 1. The number of aliphatic hydroxyl groups is 1. The van der Waals surface area contributed by atoms with Crippen LogP contribution in [-0.2, 0) is 39.8 Å². The van der Waals surface area contributed by atoms with Crippen LogP contribution in [0.1, 0.15) is 99.5 Å². The highest BCUT2D eigenvalue weighted by molar-refractivity contribution is 6.11. The Labute approximate surface area is 301 Å². The van der Waals surface area contributed by atoms with Gasteiger partial charge in [0.15, 0.2) is 0 Å². The first-order chi connectivity index (χ1) is 24.7. The van der Waals surface area contributed by atoms with Gasteiger partial charge in [0.05, 0.1) is 19.0 Å². The Hall–Kier alpha value is -4.18. The van der Waals surface area contributed by atoms with Crippen LogP contribution in [0, 0.1) is 11.8 Å². The Bertz CT molecular complexity index is 1520. The highest BCUT2D eigenvalue weighted by atomic mass is 16.6. The molecule has 2 amide bonds. The summed E-state index contributed by atoms with van der Waals surface area (Å²) in [5, 5.41) is 15.5. The molecule has 4 rings (SSSR count). The number of alkyl carbamates (subject to hydrolysis) is 1. The zero-order chi connectivity index (χ0) is 36.4. The number of ketones is 1. The van der Waals surface area contributed by atoms with Crippen molar-refractivity contribution >= 4 is 31.6 Å². The van der Waals surface area contributed by atoms with Crippen molar-refractivity contribution in [1.29, 1.82) is 0 Å². The van der Waals surface area contributed by atoms with Gasteiger partial charge in [-0.05, 0) is 50.3 Å². The number of aliphatic hydroxyl groups excluding tert-OH is 1. The zero-order valence-corrected chi connectivity index (χ0v) is 29.4. The Morgan fingerprint density at radius 3 is 2.29 bits per heavy atom.